The van der Waals surface area contributed by atoms with E-state index in [4.69, 9.17) is 4.74 Å². The fourth-order valence-electron chi connectivity index (χ4n) is 2.35. The molecule has 0 spiro atoms. The first kappa shape index (κ1) is 15.0. The number of hydrogen-bond acceptors (Lipinski definition) is 3. The van der Waals surface area contributed by atoms with Crippen LogP contribution in [-0.4, -0.2) is 42.4 Å². The molecular formula is C14H18F3NO2. The number of halogens is 3. The summed E-state index contributed by atoms with van der Waals surface area (Å²) in [7, 11) is 0. The normalized spacial score (nSPS) is 18.1. The third kappa shape index (κ3) is 4.59. The number of para-hydroxylation sites is 2. The highest BCUT2D eigenvalue weighted by molar-refractivity contribution is 5.37. The summed E-state index contributed by atoms with van der Waals surface area (Å²) in [6, 6.07) is 6.69. The molecule has 0 bridgehead atoms. The lowest BCUT2D eigenvalue weighted by atomic mass is 9.98. The maximum Gasteiger partial charge on any atom is 0.401 e. The van der Waals surface area contributed by atoms with Gasteiger partial charge in [-0.3, -0.25) is 4.90 Å². The minimum Gasteiger partial charge on any atom is -0.504 e. The molecule has 1 fully saturated rings. The summed E-state index contributed by atoms with van der Waals surface area (Å²) >= 11 is 0. The quantitative estimate of drug-likeness (QED) is 0.924. The van der Waals surface area contributed by atoms with Gasteiger partial charge in [-0.2, -0.15) is 13.2 Å². The van der Waals surface area contributed by atoms with Crippen LogP contribution in [0.4, 0.5) is 13.2 Å². The van der Waals surface area contributed by atoms with Crippen LogP contribution in [0.3, 0.4) is 0 Å². The van der Waals surface area contributed by atoms with E-state index in [9.17, 15) is 18.3 Å². The highest BCUT2D eigenvalue weighted by Crippen LogP contribution is 2.27. The molecule has 0 amide bonds. The number of likely N-dealkylation sites (tertiary alicyclic amines) is 1. The van der Waals surface area contributed by atoms with E-state index in [1.165, 1.54) is 4.90 Å². The number of rotatable bonds is 4. The van der Waals surface area contributed by atoms with Gasteiger partial charge in [0.25, 0.3) is 0 Å². The van der Waals surface area contributed by atoms with Gasteiger partial charge in [0.2, 0.25) is 0 Å². The van der Waals surface area contributed by atoms with Gasteiger partial charge >= 0.3 is 6.18 Å². The lowest BCUT2D eigenvalue weighted by Crippen LogP contribution is -2.41. The van der Waals surface area contributed by atoms with E-state index in [1.54, 1.807) is 24.3 Å². The molecule has 1 aromatic rings. The Morgan fingerprint density at radius 3 is 2.45 bits per heavy atom. The van der Waals surface area contributed by atoms with Crippen LogP contribution in [0, 0.1) is 5.92 Å². The molecule has 1 aliphatic rings. The van der Waals surface area contributed by atoms with Gasteiger partial charge in [-0.1, -0.05) is 12.1 Å². The molecule has 20 heavy (non-hydrogen) atoms. The van der Waals surface area contributed by atoms with Gasteiger partial charge < -0.3 is 9.84 Å². The minimum atomic E-state index is -4.13. The summed E-state index contributed by atoms with van der Waals surface area (Å²) in [4.78, 5) is 1.43. The molecule has 0 atom stereocenters. The molecule has 1 aliphatic heterocycles. The zero-order valence-electron chi connectivity index (χ0n) is 11.1. The van der Waals surface area contributed by atoms with Crippen molar-refractivity contribution in [3.63, 3.8) is 0 Å². The second kappa shape index (κ2) is 6.35. The Hall–Kier alpha value is -1.43. The maximum absolute atomic E-state index is 12.3. The molecule has 0 unspecified atom stereocenters. The molecule has 0 saturated carbocycles. The summed E-state index contributed by atoms with van der Waals surface area (Å²) in [5.74, 6) is 0.742. The first-order chi connectivity index (χ1) is 9.44. The van der Waals surface area contributed by atoms with Gasteiger partial charge in [0.15, 0.2) is 11.5 Å². The van der Waals surface area contributed by atoms with Crippen molar-refractivity contribution in [2.45, 2.75) is 19.0 Å². The number of aromatic hydroxyl groups is 1. The number of phenols is 1. The third-order valence-corrected chi connectivity index (χ3v) is 3.45. The van der Waals surface area contributed by atoms with Crippen LogP contribution in [0.2, 0.25) is 0 Å². The third-order valence-electron chi connectivity index (χ3n) is 3.45. The van der Waals surface area contributed by atoms with E-state index in [0.717, 1.165) is 0 Å². The van der Waals surface area contributed by atoms with E-state index < -0.39 is 12.7 Å². The highest BCUT2D eigenvalue weighted by Gasteiger charge is 2.32. The number of piperidine rings is 1. The van der Waals surface area contributed by atoms with E-state index in [0.29, 0.717) is 38.3 Å². The smallest absolute Gasteiger partial charge is 0.401 e. The van der Waals surface area contributed by atoms with Gasteiger partial charge in [0.05, 0.1) is 13.2 Å². The van der Waals surface area contributed by atoms with Gasteiger partial charge in [0, 0.05) is 0 Å². The van der Waals surface area contributed by atoms with Crippen LogP contribution < -0.4 is 4.74 Å². The molecule has 112 valence electrons. The van der Waals surface area contributed by atoms with Gasteiger partial charge in [0.1, 0.15) is 0 Å². The van der Waals surface area contributed by atoms with E-state index >= 15 is 0 Å². The zero-order chi connectivity index (χ0) is 14.6. The van der Waals surface area contributed by atoms with E-state index in [-0.39, 0.29) is 11.7 Å². The fraction of sp³-hybridized carbons (Fsp3) is 0.571. The first-order valence-corrected chi connectivity index (χ1v) is 6.64. The molecule has 0 aromatic heterocycles. The molecule has 1 N–H and O–H groups in total. The summed E-state index contributed by atoms with van der Waals surface area (Å²) in [5, 5.41) is 9.55. The van der Waals surface area contributed by atoms with Crippen molar-refractivity contribution >= 4 is 0 Å². The first-order valence-electron chi connectivity index (χ1n) is 6.64. The average molecular weight is 289 g/mol. The molecule has 3 nitrogen and oxygen atoms in total. The molecule has 2 rings (SSSR count). The Morgan fingerprint density at radius 1 is 1.20 bits per heavy atom. The van der Waals surface area contributed by atoms with Crippen LogP contribution in [0.15, 0.2) is 24.3 Å². The minimum absolute atomic E-state index is 0.0852. The standard InChI is InChI=1S/C14H18F3NO2/c15-14(16,17)10-18-7-5-11(6-8-18)9-20-13-4-2-1-3-12(13)19/h1-4,11,19H,5-10H2. The topological polar surface area (TPSA) is 32.7 Å². The van der Waals surface area contributed by atoms with E-state index in [1.807, 2.05) is 0 Å². The Kier molecular flexibility index (Phi) is 4.75. The molecule has 6 heteroatoms. The van der Waals surface area contributed by atoms with Crippen LogP contribution in [0.5, 0.6) is 11.5 Å². The number of phenolic OH excluding ortho intramolecular Hbond substituents is 1. The molecule has 0 aliphatic carbocycles. The van der Waals surface area contributed by atoms with Crippen molar-refractivity contribution in [3.8, 4) is 11.5 Å². The van der Waals surface area contributed by atoms with Crippen molar-refractivity contribution in [1.82, 2.24) is 4.90 Å². The van der Waals surface area contributed by atoms with E-state index in [2.05, 4.69) is 0 Å². The second-order valence-electron chi connectivity index (χ2n) is 5.11. The number of alkyl halides is 3. The van der Waals surface area contributed by atoms with Gasteiger partial charge in [-0.15, -0.1) is 0 Å². The fourth-order valence-corrected chi connectivity index (χ4v) is 2.35. The Morgan fingerprint density at radius 2 is 1.85 bits per heavy atom. The molecule has 1 heterocycles. The molecule has 1 saturated heterocycles. The summed E-state index contributed by atoms with van der Waals surface area (Å²) < 4.78 is 42.3. The number of hydrogen-bond donors (Lipinski definition) is 1. The Balaban J connectivity index is 1.74. The lowest BCUT2D eigenvalue weighted by molar-refractivity contribution is -0.148. The van der Waals surface area contributed by atoms with Crippen molar-refractivity contribution in [3.05, 3.63) is 24.3 Å². The lowest BCUT2D eigenvalue weighted by Gasteiger charge is -2.32. The molecule has 0 radical (unpaired) electrons. The zero-order valence-corrected chi connectivity index (χ0v) is 11.1. The Bertz CT molecular complexity index is 429. The van der Waals surface area contributed by atoms with Crippen molar-refractivity contribution in [2.75, 3.05) is 26.2 Å². The van der Waals surface area contributed by atoms with Crippen LogP contribution in [-0.2, 0) is 0 Å². The SMILES string of the molecule is Oc1ccccc1OCC1CCN(CC(F)(F)F)CC1. The molecule has 1 aromatic carbocycles. The van der Waals surface area contributed by atoms with Crippen LogP contribution >= 0.6 is 0 Å². The maximum atomic E-state index is 12.3. The monoisotopic (exact) mass is 289 g/mol. The predicted molar refractivity (Wildman–Crippen MR) is 68.8 cm³/mol. The second-order valence-corrected chi connectivity index (χ2v) is 5.11. The number of benzene rings is 1. The van der Waals surface area contributed by atoms with Crippen molar-refractivity contribution in [1.29, 1.82) is 0 Å². The van der Waals surface area contributed by atoms with Gasteiger partial charge in [-0.05, 0) is 44.0 Å². The summed E-state index contributed by atoms with van der Waals surface area (Å²) in [6.07, 6.45) is -2.76. The van der Waals surface area contributed by atoms with Crippen molar-refractivity contribution in [2.24, 2.45) is 5.92 Å². The van der Waals surface area contributed by atoms with Gasteiger partial charge in [-0.25, -0.2) is 0 Å². The number of ether oxygens (including phenoxy) is 1. The largest absolute Gasteiger partial charge is 0.504 e. The predicted octanol–water partition coefficient (Wildman–Crippen LogP) is 3.05. The summed E-state index contributed by atoms with van der Waals surface area (Å²) in [5.41, 5.74) is 0. The average Bonchev–Trinajstić information content (AvgIpc) is 2.38. The van der Waals surface area contributed by atoms with Crippen molar-refractivity contribution < 1.29 is 23.0 Å². The number of nitrogens with zero attached hydrogens (tertiary/aromatic N) is 1. The molecular weight excluding hydrogens is 271 g/mol. The summed E-state index contributed by atoms with van der Waals surface area (Å²) in [6.45, 7) is 0.472. The Labute approximate surface area is 116 Å². The van der Waals surface area contributed by atoms with Crippen LogP contribution in [0.1, 0.15) is 12.8 Å². The highest BCUT2D eigenvalue weighted by atomic mass is 19.4. The van der Waals surface area contributed by atoms with Crippen LogP contribution in [0.25, 0.3) is 0 Å².